The Morgan fingerprint density at radius 3 is 1.71 bits per heavy atom. The van der Waals surface area contributed by atoms with Gasteiger partial charge in [-0.1, -0.05) is 64.7 Å². The molecule has 0 rings (SSSR count). The molecule has 28 heavy (non-hydrogen) atoms. The van der Waals surface area contributed by atoms with Crippen molar-refractivity contribution in [3.8, 4) is 0 Å². The second-order valence-electron chi connectivity index (χ2n) is 6.79. The number of hydrogen-bond donors (Lipinski definition) is 3. The third-order valence-electron chi connectivity index (χ3n) is 4.27. The second kappa shape index (κ2) is 14.7. The van der Waals surface area contributed by atoms with Crippen LogP contribution in [0.3, 0.4) is 0 Å². The van der Waals surface area contributed by atoms with Crippen LogP contribution in [0.1, 0.15) is 78.1 Å². The van der Waals surface area contributed by atoms with Gasteiger partial charge in [0.15, 0.2) is 12.4 Å². The van der Waals surface area contributed by atoms with Crippen LogP contribution in [-0.4, -0.2) is 59.4 Å². The molecule has 3 atom stereocenters. The molecule has 0 spiro atoms. The van der Waals surface area contributed by atoms with Crippen molar-refractivity contribution in [1.29, 1.82) is 0 Å². The first kappa shape index (κ1) is 26.8. The van der Waals surface area contributed by atoms with Gasteiger partial charge in [0.2, 0.25) is 5.25 Å². The van der Waals surface area contributed by atoms with E-state index in [1.165, 1.54) is 45.4 Å². The predicted octanol–water partition coefficient (Wildman–Crippen LogP) is 3.08. The first-order valence-corrected chi connectivity index (χ1v) is 11.3. The molecule has 0 amide bonds. The highest BCUT2D eigenvalue weighted by Gasteiger charge is 2.45. The first-order chi connectivity index (χ1) is 13.1. The summed E-state index contributed by atoms with van der Waals surface area (Å²) in [6, 6.07) is 0. The second-order valence-corrected chi connectivity index (χ2v) is 8.33. The Morgan fingerprint density at radius 1 is 0.857 bits per heavy atom. The largest absolute Gasteiger partial charge is 0.480 e. The highest BCUT2D eigenvalue weighted by Crippen LogP contribution is 2.14. The van der Waals surface area contributed by atoms with Crippen molar-refractivity contribution >= 4 is 22.1 Å². The van der Waals surface area contributed by atoms with Crippen molar-refractivity contribution in [2.75, 3.05) is 6.61 Å². The SMILES string of the molecule is CCCCCCCCCCCCOC(C)OC(C(=O)O)C(C(=O)O)S(=O)(=O)O. The lowest BCUT2D eigenvalue weighted by Crippen LogP contribution is -2.48. The minimum Gasteiger partial charge on any atom is -0.480 e. The van der Waals surface area contributed by atoms with Gasteiger partial charge in [-0.15, -0.1) is 0 Å². The lowest BCUT2D eigenvalue weighted by atomic mass is 10.1. The van der Waals surface area contributed by atoms with E-state index in [9.17, 15) is 18.0 Å². The summed E-state index contributed by atoms with van der Waals surface area (Å²) >= 11 is 0. The quantitative estimate of drug-likeness (QED) is 0.171. The number of hydrogen-bond acceptors (Lipinski definition) is 6. The molecule has 0 radical (unpaired) electrons. The van der Waals surface area contributed by atoms with E-state index >= 15 is 0 Å². The Morgan fingerprint density at radius 2 is 1.32 bits per heavy atom. The summed E-state index contributed by atoms with van der Waals surface area (Å²) < 4.78 is 41.5. The third kappa shape index (κ3) is 12.3. The Hall–Kier alpha value is -1.23. The topological polar surface area (TPSA) is 147 Å². The van der Waals surface area contributed by atoms with Gasteiger partial charge in [0.05, 0.1) is 0 Å². The van der Waals surface area contributed by atoms with E-state index in [2.05, 4.69) is 6.92 Å². The number of ether oxygens (including phenoxy) is 2. The van der Waals surface area contributed by atoms with Gasteiger partial charge in [-0.3, -0.25) is 9.35 Å². The minimum atomic E-state index is -5.16. The molecule has 3 N–H and O–H groups in total. The standard InChI is InChI=1S/C18H34O9S/c1-3-4-5-6-7-8-9-10-11-12-13-26-14(2)27-15(17(19)20)16(18(21)22)28(23,24)25/h14-16H,3-13H2,1-2H3,(H,19,20)(H,21,22)(H,23,24,25). The van der Waals surface area contributed by atoms with Crippen molar-refractivity contribution in [1.82, 2.24) is 0 Å². The molecular formula is C18H34O9S. The zero-order chi connectivity index (χ0) is 21.6. The Labute approximate surface area is 167 Å². The van der Waals surface area contributed by atoms with E-state index in [1.807, 2.05) is 0 Å². The van der Waals surface area contributed by atoms with E-state index in [1.54, 1.807) is 0 Å². The number of carboxylic acid groups (broad SMARTS) is 2. The summed E-state index contributed by atoms with van der Waals surface area (Å²) in [5, 5.41) is 15.3. The number of carboxylic acids is 2. The molecule has 0 aliphatic carbocycles. The van der Waals surface area contributed by atoms with E-state index < -0.39 is 39.7 Å². The maximum Gasteiger partial charge on any atom is 0.335 e. The Kier molecular flexibility index (Phi) is 14.1. The van der Waals surface area contributed by atoms with Crippen LogP contribution in [0.25, 0.3) is 0 Å². The molecule has 0 aromatic carbocycles. The molecule has 0 aromatic heterocycles. The molecule has 0 bridgehead atoms. The lowest BCUT2D eigenvalue weighted by Gasteiger charge is -2.22. The van der Waals surface area contributed by atoms with Gasteiger partial charge in [-0.25, -0.2) is 4.79 Å². The van der Waals surface area contributed by atoms with Gasteiger partial charge in [0, 0.05) is 6.61 Å². The molecule has 0 aliphatic rings. The van der Waals surface area contributed by atoms with Gasteiger partial charge in [0.1, 0.15) is 0 Å². The van der Waals surface area contributed by atoms with Crippen molar-refractivity contribution in [3.63, 3.8) is 0 Å². The summed E-state index contributed by atoms with van der Waals surface area (Å²) in [4.78, 5) is 22.2. The third-order valence-corrected chi connectivity index (χ3v) is 5.36. The van der Waals surface area contributed by atoms with Gasteiger partial charge in [0.25, 0.3) is 10.1 Å². The van der Waals surface area contributed by atoms with Crippen LogP contribution in [0.15, 0.2) is 0 Å². The zero-order valence-electron chi connectivity index (χ0n) is 16.7. The number of aliphatic carboxylic acids is 2. The molecule has 0 fully saturated rings. The van der Waals surface area contributed by atoms with Gasteiger partial charge in [-0.2, -0.15) is 8.42 Å². The number of unbranched alkanes of at least 4 members (excludes halogenated alkanes) is 9. The average molecular weight is 427 g/mol. The van der Waals surface area contributed by atoms with Gasteiger partial charge < -0.3 is 19.7 Å². The fourth-order valence-electron chi connectivity index (χ4n) is 2.76. The van der Waals surface area contributed by atoms with E-state index in [4.69, 9.17) is 24.2 Å². The summed E-state index contributed by atoms with van der Waals surface area (Å²) in [7, 11) is -5.16. The maximum atomic E-state index is 11.2. The lowest BCUT2D eigenvalue weighted by molar-refractivity contribution is -0.187. The first-order valence-electron chi connectivity index (χ1n) is 9.80. The molecule has 0 saturated heterocycles. The average Bonchev–Trinajstić information content (AvgIpc) is 2.57. The predicted molar refractivity (Wildman–Crippen MR) is 103 cm³/mol. The Bertz CT molecular complexity index is 547. The van der Waals surface area contributed by atoms with Crippen molar-refractivity contribution in [2.45, 2.75) is 95.7 Å². The normalized spacial score (nSPS) is 15.1. The minimum absolute atomic E-state index is 0.271. The van der Waals surface area contributed by atoms with Crippen LogP contribution in [0, 0.1) is 0 Å². The van der Waals surface area contributed by atoms with Crippen LogP contribution < -0.4 is 0 Å². The highest BCUT2D eigenvalue weighted by molar-refractivity contribution is 7.87. The summed E-state index contributed by atoms with van der Waals surface area (Å²) in [6.45, 7) is 3.80. The zero-order valence-corrected chi connectivity index (χ0v) is 17.5. The number of carbonyl (C=O) groups is 2. The van der Waals surface area contributed by atoms with Crippen LogP contribution in [0.5, 0.6) is 0 Å². The van der Waals surface area contributed by atoms with Crippen LogP contribution in [0.2, 0.25) is 0 Å². The molecule has 10 heteroatoms. The van der Waals surface area contributed by atoms with E-state index in [0.29, 0.717) is 0 Å². The molecule has 3 unspecified atom stereocenters. The van der Waals surface area contributed by atoms with Crippen LogP contribution in [-0.2, 0) is 29.2 Å². The maximum absolute atomic E-state index is 11.2. The molecule has 0 saturated carbocycles. The smallest absolute Gasteiger partial charge is 0.335 e. The summed E-state index contributed by atoms with van der Waals surface area (Å²) in [5.74, 6) is -3.84. The molecule has 166 valence electrons. The summed E-state index contributed by atoms with van der Waals surface area (Å²) in [6.07, 6.45) is 8.00. The van der Waals surface area contributed by atoms with E-state index in [0.717, 1.165) is 25.7 Å². The molecule has 0 heterocycles. The molecule has 9 nitrogen and oxygen atoms in total. The van der Waals surface area contributed by atoms with Gasteiger partial charge in [-0.05, 0) is 13.3 Å². The Balaban J connectivity index is 4.10. The fourth-order valence-corrected chi connectivity index (χ4v) is 3.50. The monoisotopic (exact) mass is 426 g/mol. The van der Waals surface area contributed by atoms with Crippen LogP contribution in [0.4, 0.5) is 0 Å². The van der Waals surface area contributed by atoms with Crippen molar-refractivity contribution in [3.05, 3.63) is 0 Å². The summed E-state index contributed by atoms with van der Waals surface area (Å²) in [5.41, 5.74) is 0. The number of rotatable bonds is 18. The van der Waals surface area contributed by atoms with Gasteiger partial charge >= 0.3 is 11.9 Å². The van der Waals surface area contributed by atoms with Crippen LogP contribution >= 0.6 is 0 Å². The van der Waals surface area contributed by atoms with E-state index in [-0.39, 0.29) is 6.61 Å². The fraction of sp³-hybridized carbons (Fsp3) is 0.889. The van der Waals surface area contributed by atoms with Crippen molar-refractivity contribution < 1.29 is 42.2 Å². The molecular weight excluding hydrogens is 392 g/mol. The van der Waals surface area contributed by atoms with Crippen molar-refractivity contribution in [2.24, 2.45) is 0 Å². The molecule has 0 aromatic rings. The molecule has 0 aliphatic heterocycles. The highest BCUT2D eigenvalue weighted by atomic mass is 32.2.